The van der Waals surface area contributed by atoms with Gasteiger partial charge in [0.25, 0.3) is 0 Å². The quantitative estimate of drug-likeness (QED) is 0.669. The molecule has 1 unspecified atom stereocenters. The number of nitro benzene ring substituents is 1. The lowest BCUT2D eigenvalue weighted by atomic mass is 10.1. The number of halogens is 1. The van der Waals surface area contributed by atoms with Gasteiger partial charge < -0.3 is 14.7 Å². The first-order chi connectivity index (χ1) is 9.02. The monoisotopic (exact) mass is 286 g/mol. The van der Waals surface area contributed by atoms with Gasteiger partial charge in [-0.25, -0.2) is 4.79 Å². The van der Waals surface area contributed by atoms with Gasteiger partial charge in [0, 0.05) is 6.54 Å². The molecule has 8 heteroatoms. The molecule has 19 heavy (non-hydrogen) atoms. The van der Waals surface area contributed by atoms with Gasteiger partial charge in [-0.1, -0.05) is 17.7 Å². The summed E-state index contributed by atoms with van der Waals surface area (Å²) in [6.07, 6.45) is 0. The Kier molecular flexibility index (Phi) is 3.87. The number of rotatable bonds is 3. The fourth-order valence-electron chi connectivity index (χ4n) is 2.01. The molecule has 0 radical (unpaired) electrons. The summed E-state index contributed by atoms with van der Waals surface area (Å²) < 4.78 is 5.10. The number of carboxylic acids is 1. The van der Waals surface area contributed by atoms with E-state index in [1.807, 2.05) is 0 Å². The zero-order valence-corrected chi connectivity index (χ0v) is 10.5. The highest BCUT2D eigenvalue weighted by Crippen LogP contribution is 2.36. The van der Waals surface area contributed by atoms with Crippen molar-refractivity contribution in [1.29, 1.82) is 0 Å². The van der Waals surface area contributed by atoms with Crippen LogP contribution in [-0.2, 0) is 9.53 Å². The number of morpholine rings is 1. The summed E-state index contributed by atoms with van der Waals surface area (Å²) in [4.78, 5) is 23.1. The van der Waals surface area contributed by atoms with Crippen molar-refractivity contribution in [3.05, 3.63) is 33.3 Å². The number of ether oxygens (including phenoxy) is 1. The first-order valence-corrected chi connectivity index (χ1v) is 5.90. The highest BCUT2D eigenvalue weighted by atomic mass is 35.5. The molecule has 102 valence electrons. The van der Waals surface area contributed by atoms with Crippen molar-refractivity contribution in [2.75, 3.05) is 24.7 Å². The van der Waals surface area contributed by atoms with Crippen molar-refractivity contribution in [2.24, 2.45) is 0 Å². The third kappa shape index (κ3) is 2.61. The summed E-state index contributed by atoms with van der Waals surface area (Å²) in [5.74, 6) is -1.09. The van der Waals surface area contributed by atoms with Crippen molar-refractivity contribution < 1.29 is 19.6 Å². The van der Waals surface area contributed by atoms with E-state index in [-0.39, 0.29) is 29.5 Å². The Morgan fingerprint density at radius 1 is 1.58 bits per heavy atom. The van der Waals surface area contributed by atoms with Crippen molar-refractivity contribution in [1.82, 2.24) is 0 Å². The van der Waals surface area contributed by atoms with Crippen molar-refractivity contribution in [3.63, 3.8) is 0 Å². The van der Waals surface area contributed by atoms with E-state index >= 15 is 0 Å². The molecule has 1 aromatic rings. The number of para-hydroxylation sites is 1. The van der Waals surface area contributed by atoms with Gasteiger partial charge in [-0.05, 0) is 12.1 Å². The minimum Gasteiger partial charge on any atom is -0.480 e. The predicted molar refractivity (Wildman–Crippen MR) is 67.7 cm³/mol. The summed E-state index contributed by atoms with van der Waals surface area (Å²) in [5, 5.41) is 20.2. The SMILES string of the molecule is O=C(O)C1COCCN1c1cccc(Cl)c1[N+](=O)[O-]. The Hall–Kier alpha value is -1.86. The third-order valence-corrected chi connectivity index (χ3v) is 3.18. The lowest BCUT2D eigenvalue weighted by molar-refractivity contribution is -0.384. The van der Waals surface area contributed by atoms with Gasteiger partial charge in [0.05, 0.1) is 18.1 Å². The Balaban J connectivity index is 2.47. The lowest BCUT2D eigenvalue weighted by Gasteiger charge is -2.34. The number of nitro groups is 1. The molecule has 1 fully saturated rings. The molecule has 1 N–H and O–H groups in total. The van der Waals surface area contributed by atoms with Gasteiger partial charge in [0.1, 0.15) is 10.7 Å². The molecule has 0 aliphatic carbocycles. The standard InChI is InChI=1S/C11H11ClN2O5/c12-7-2-1-3-8(10(7)14(17)18)13-4-5-19-6-9(13)11(15)16/h1-3,9H,4-6H2,(H,15,16). The maximum absolute atomic E-state index is 11.2. The van der Waals surface area contributed by atoms with Crippen LogP contribution in [0.2, 0.25) is 5.02 Å². The summed E-state index contributed by atoms with van der Waals surface area (Å²) in [5.41, 5.74) is -0.0782. The minimum absolute atomic E-state index is 0.0149. The maximum Gasteiger partial charge on any atom is 0.328 e. The lowest BCUT2D eigenvalue weighted by Crippen LogP contribution is -2.50. The number of aliphatic carboxylic acids is 1. The molecule has 0 bridgehead atoms. The number of carboxylic acid groups (broad SMARTS) is 1. The highest BCUT2D eigenvalue weighted by Gasteiger charge is 2.34. The molecule has 0 amide bonds. The van der Waals surface area contributed by atoms with Crippen molar-refractivity contribution in [3.8, 4) is 0 Å². The van der Waals surface area contributed by atoms with Crippen LogP contribution in [0.4, 0.5) is 11.4 Å². The van der Waals surface area contributed by atoms with E-state index in [1.54, 1.807) is 6.07 Å². The fourth-order valence-corrected chi connectivity index (χ4v) is 2.25. The van der Waals surface area contributed by atoms with Crippen LogP contribution in [0, 0.1) is 10.1 Å². The smallest absolute Gasteiger partial charge is 0.328 e. The summed E-state index contributed by atoms with van der Waals surface area (Å²) in [7, 11) is 0. The van der Waals surface area contributed by atoms with E-state index in [4.69, 9.17) is 21.4 Å². The molecule has 0 saturated carbocycles. The molecular weight excluding hydrogens is 276 g/mol. The van der Waals surface area contributed by atoms with Crippen molar-refractivity contribution >= 4 is 28.9 Å². The van der Waals surface area contributed by atoms with E-state index in [2.05, 4.69) is 0 Å². The van der Waals surface area contributed by atoms with Crippen LogP contribution >= 0.6 is 11.6 Å². The van der Waals surface area contributed by atoms with Gasteiger partial charge in [-0.2, -0.15) is 0 Å². The molecule has 1 heterocycles. The Morgan fingerprint density at radius 2 is 2.32 bits per heavy atom. The van der Waals surface area contributed by atoms with Gasteiger partial charge in [0.2, 0.25) is 0 Å². The first-order valence-electron chi connectivity index (χ1n) is 5.52. The average Bonchev–Trinajstić information content (AvgIpc) is 2.37. The van der Waals surface area contributed by atoms with Gasteiger partial charge in [-0.3, -0.25) is 10.1 Å². The van der Waals surface area contributed by atoms with E-state index in [0.717, 1.165) is 0 Å². The molecule has 0 spiro atoms. The van der Waals surface area contributed by atoms with Crippen LogP contribution in [-0.4, -0.2) is 41.8 Å². The van der Waals surface area contributed by atoms with Crippen molar-refractivity contribution in [2.45, 2.75) is 6.04 Å². The molecule has 2 rings (SSSR count). The predicted octanol–water partition coefficient (Wildman–Crippen LogP) is 1.54. The Bertz CT molecular complexity index is 522. The Morgan fingerprint density at radius 3 is 2.95 bits per heavy atom. The summed E-state index contributed by atoms with van der Waals surface area (Å²) in [6, 6.07) is 3.50. The van der Waals surface area contributed by atoms with Crippen LogP contribution in [0.15, 0.2) is 18.2 Å². The van der Waals surface area contributed by atoms with Gasteiger partial charge in [-0.15, -0.1) is 0 Å². The molecular formula is C11H11ClN2O5. The van der Waals surface area contributed by atoms with Crippen LogP contribution in [0.25, 0.3) is 0 Å². The molecule has 7 nitrogen and oxygen atoms in total. The third-order valence-electron chi connectivity index (χ3n) is 2.87. The molecule has 1 aliphatic rings. The summed E-state index contributed by atoms with van der Waals surface area (Å²) >= 11 is 5.82. The maximum atomic E-state index is 11.2. The molecule has 1 aromatic carbocycles. The van der Waals surface area contributed by atoms with Crippen LogP contribution < -0.4 is 4.90 Å². The van der Waals surface area contributed by atoms with Crippen LogP contribution in [0.3, 0.4) is 0 Å². The highest BCUT2D eigenvalue weighted by molar-refractivity contribution is 6.33. The first kappa shape index (κ1) is 13.6. The number of hydrogen-bond donors (Lipinski definition) is 1. The van der Waals surface area contributed by atoms with Gasteiger partial charge >= 0.3 is 11.7 Å². The topological polar surface area (TPSA) is 92.9 Å². The normalized spacial score (nSPS) is 19.2. The fraction of sp³-hybridized carbons (Fsp3) is 0.364. The van der Waals surface area contributed by atoms with E-state index in [0.29, 0.717) is 6.61 Å². The number of nitrogens with zero attached hydrogens (tertiary/aromatic N) is 2. The number of anilines is 1. The molecule has 0 aromatic heterocycles. The summed E-state index contributed by atoms with van der Waals surface area (Å²) in [6.45, 7) is 0.560. The largest absolute Gasteiger partial charge is 0.480 e. The van der Waals surface area contributed by atoms with E-state index < -0.39 is 16.9 Å². The number of carbonyl (C=O) groups is 1. The number of hydrogen-bond acceptors (Lipinski definition) is 5. The second-order valence-electron chi connectivity index (χ2n) is 3.99. The zero-order valence-electron chi connectivity index (χ0n) is 9.78. The molecule has 1 atom stereocenters. The van der Waals surface area contributed by atoms with E-state index in [9.17, 15) is 14.9 Å². The van der Waals surface area contributed by atoms with Crippen LogP contribution in [0.5, 0.6) is 0 Å². The second kappa shape index (κ2) is 5.41. The molecule has 1 aliphatic heterocycles. The Labute approximate surface area is 113 Å². The van der Waals surface area contributed by atoms with Crippen LogP contribution in [0.1, 0.15) is 0 Å². The van der Waals surface area contributed by atoms with Gasteiger partial charge in [0.15, 0.2) is 6.04 Å². The minimum atomic E-state index is -1.09. The molecule has 1 saturated heterocycles. The zero-order chi connectivity index (χ0) is 14.0. The second-order valence-corrected chi connectivity index (χ2v) is 4.39. The average molecular weight is 287 g/mol. The number of benzene rings is 1. The van der Waals surface area contributed by atoms with E-state index in [1.165, 1.54) is 17.0 Å².